The van der Waals surface area contributed by atoms with Crippen LogP contribution in [0.1, 0.15) is 89.5 Å². The molecule has 0 atom stereocenters. The van der Waals surface area contributed by atoms with Crippen molar-refractivity contribution in [3.05, 3.63) is 43.3 Å². The second kappa shape index (κ2) is 19.0. The number of aryl methyl sites for hydroxylation is 1. The number of benzene rings is 1. The first-order valence-electron chi connectivity index (χ1n) is 8.89. The van der Waals surface area contributed by atoms with Crippen LogP contribution < -0.4 is 0 Å². The smallest absolute Gasteiger partial charge is 0.358 e. The van der Waals surface area contributed by atoms with Gasteiger partial charge in [0.15, 0.2) is 0 Å². The van der Waals surface area contributed by atoms with Gasteiger partial charge >= 0.3 is 23.1 Å². The van der Waals surface area contributed by atoms with Gasteiger partial charge in [-0.25, -0.2) is 0 Å². The number of hydrogen-bond donors (Lipinski definition) is 0. The predicted octanol–water partition coefficient (Wildman–Crippen LogP) is 6.80. The Morgan fingerprint density at radius 1 is 0.727 bits per heavy atom. The van der Waals surface area contributed by atoms with E-state index in [0.29, 0.717) is 0 Å². The zero-order valence-electron chi connectivity index (χ0n) is 15.2. The van der Waals surface area contributed by atoms with Gasteiger partial charge in [0.2, 0.25) is 0 Å². The van der Waals surface area contributed by atoms with Gasteiger partial charge in [0.25, 0.3) is 0 Å². The molecule has 1 aromatic carbocycles. The summed E-state index contributed by atoms with van der Waals surface area (Å²) < 4.78 is 0. The molecule has 0 saturated carbocycles. The monoisotopic (exact) mass is 312 g/mol. The Kier molecular flexibility index (Phi) is 21.0. The normalized spacial score (nSPS) is 9.86. The van der Waals surface area contributed by atoms with Crippen LogP contribution in [0.5, 0.6) is 0 Å². The minimum atomic E-state index is 0. The summed E-state index contributed by atoms with van der Waals surface area (Å²) in [5.74, 6) is 0. The van der Waals surface area contributed by atoms with E-state index in [1.54, 1.807) is 0 Å². The van der Waals surface area contributed by atoms with E-state index in [0.717, 1.165) is 0 Å². The second-order valence-electron chi connectivity index (χ2n) is 6.03. The van der Waals surface area contributed by atoms with E-state index in [2.05, 4.69) is 25.1 Å². The van der Waals surface area contributed by atoms with E-state index in [9.17, 15) is 0 Å². The first kappa shape index (κ1) is 24.2. The molecular formula is C21H36Mg. The Balaban J connectivity index is 0. The van der Waals surface area contributed by atoms with E-state index in [1.807, 2.05) is 12.1 Å². The molecule has 122 valence electrons. The fourth-order valence-corrected chi connectivity index (χ4v) is 2.74. The molecular weight excluding hydrogens is 277 g/mol. The summed E-state index contributed by atoms with van der Waals surface area (Å²) in [4.78, 5) is 0. The molecule has 1 rings (SSSR count). The van der Waals surface area contributed by atoms with E-state index in [-0.39, 0.29) is 30.5 Å². The summed E-state index contributed by atoms with van der Waals surface area (Å²) in [5, 5.41) is 0. The van der Waals surface area contributed by atoms with Gasteiger partial charge in [0.1, 0.15) is 0 Å². The van der Waals surface area contributed by atoms with E-state index < -0.39 is 0 Å². The van der Waals surface area contributed by atoms with Crippen molar-refractivity contribution in [2.24, 2.45) is 0 Å². The van der Waals surface area contributed by atoms with Crippen molar-refractivity contribution in [2.45, 2.75) is 90.4 Å². The maximum Gasteiger partial charge on any atom is 2.00 e. The van der Waals surface area contributed by atoms with Gasteiger partial charge in [-0.2, -0.15) is 35.9 Å². The molecule has 0 spiro atoms. The Hall–Kier alpha value is -0.0138. The minimum absolute atomic E-state index is 0. The van der Waals surface area contributed by atoms with Gasteiger partial charge in [-0.15, -0.1) is 0 Å². The maximum atomic E-state index is 3.31. The molecule has 1 aromatic rings. The van der Waals surface area contributed by atoms with E-state index in [1.165, 1.54) is 89.0 Å². The minimum Gasteiger partial charge on any atom is -0.358 e. The average molecular weight is 313 g/mol. The number of unbranched alkanes of at least 4 members (excludes halogenated alkanes) is 11. The molecule has 0 bridgehead atoms. The molecule has 0 amide bonds. The standard InChI is InChI=1S/C20H33.CH3.Mg/c1-2-3-4-5-6-7-8-9-10-11-12-14-17-20-18-15-13-16-19-20;;/h13,15-16,18H,2-12,14,17H2,1H3;1H3;/q2*-1;+2. The van der Waals surface area contributed by atoms with Gasteiger partial charge in [-0.3, -0.25) is 0 Å². The molecule has 22 heavy (non-hydrogen) atoms. The van der Waals surface area contributed by atoms with Crippen molar-refractivity contribution in [2.75, 3.05) is 0 Å². The summed E-state index contributed by atoms with van der Waals surface area (Å²) in [6.07, 6.45) is 18.3. The first-order chi connectivity index (χ1) is 9.93. The quantitative estimate of drug-likeness (QED) is 0.213. The molecule has 0 N–H and O–H groups in total. The molecule has 0 aliphatic carbocycles. The molecule has 0 nitrogen and oxygen atoms in total. The predicted molar refractivity (Wildman–Crippen MR) is 102 cm³/mol. The Labute approximate surface area is 156 Å². The summed E-state index contributed by atoms with van der Waals surface area (Å²) in [7, 11) is 0. The van der Waals surface area contributed by atoms with Gasteiger partial charge in [-0.1, -0.05) is 90.4 Å². The zero-order valence-corrected chi connectivity index (χ0v) is 16.6. The summed E-state index contributed by atoms with van der Waals surface area (Å²) in [5.41, 5.74) is 1.37. The van der Waals surface area contributed by atoms with Crippen LogP contribution in [-0.2, 0) is 6.42 Å². The molecule has 0 aliphatic heterocycles. The van der Waals surface area contributed by atoms with Crippen molar-refractivity contribution in [1.29, 1.82) is 0 Å². The molecule has 0 heterocycles. The van der Waals surface area contributed by atoms with Gasteiger partial charge in [-0.05, 0) is 0 Å². The largest absolute Gasteiger partial charge is 2.00 e. The summed E-state index contributed by atoms with van der Waals surface area (Å²) in [6.45, 7) is 2.29. The molecule has 0 aliphatic rings. The van der Waals surface area contributed by atoms with Gasteiger partial charge in [0, 0.05) is 0 Å². The van der Waals surface area contributed by atoms with Crippen molar-refractivity contribution in [3.8, 4) is 0 Å². The average Bonchev–Trinajstić information content (AvgIpc) is 2.49. The van der Waals surface area contributed by atoms with Crippen LogP contribution >= 0.6 is 0 Å². The van der Waals surface area contributed by atoms with Crippen molar-refractivity contribution in [3.63, 3.8) is 0 Å². The zero-order chi connectivity index (χ0) is 14.3. The van der Waals surface area contributed by atoms with E-state index in [4.69, 9.17) is 0 Å². The first-order valence-corrected chi connectivity index (χ1v) is 8.89. The molecule has 0 saturated heterocycles. The van der Waals surface area contributed by atoms with Crippen LogP contribution in [0.15, 0.2) is 24.3 Å². The van der Waals surface area contributed by atoms with Crippen molar-refractivity contribution in [1.82, 2.24) is 0 Å². The molecule has 0 radical (unpaired) electrons. The van der Waals surface area contributed by atoms with Crippen LogP contribution in [-0.4, -0.2) is 23.1 Å². The van der Waals surface area contributed by atoms with E-state index >= 15 is 0 Å². The van der Waals surface area contributed by atoms with Crippen LogP contribution in [0.2, 0.25) is 0 Å². The Morgan fingerprint density at radius 2 is 1.23 bits per heavy atom. The molecule has 0 fully saturated rings. The SMILES string of the molecule is CCCCCCCCCCCCCCc1[c-]cccc1.[CH3-].[Mg+2]. The third-order valence-corrected chi connectivity index (χ3v) is 4.07. The number of hydrogen-bond acceptors (Lipinski definition) is 0. The Bertz CT molecular complexity index is 294. The van der Waals surface area contributed by atoms with Crippen molar-refractivity contribution < 1.29 is 0 Å². The summed E-state index contributed by atoms with van der Waals surface area (Å²) >= 11 is 0. The van der Waals surface area contributed by atoms with Crippen LogP contribution in [0.3, 0.4) is 0 Å². The van der Waals surface area contributed by atoms with Crippen LogP contribution in [0.25, 0.3) is 0 Å². The summed E-state index contributed by atoms with van der Waals surface area (Å²) in [6, 6.07) is 11.7. The fourth-order valence-electron chi connectivity index (χ4n) is 2.74. The fraction of sp³-hybridized carbons (Fsp3) is 0.667. The third kappa shape index (κ3) is 14.9. The van der Waals surface area contributed by atoms with Gasteiger partial charge < -0.3 is 7.43 Å². The molecule has 0 aromatic heterocycles. The maximum absolute atomic E-state index is 3.31. The third-order valence-electron chi connectivity index (χ3n) is 4.07. The van der Waals surface area contributed by atoms with Crippen molar-refractivity contribution >= 4 is 23.1 Å². The van der Waals surface area contributed by atoms with Crippen LogP contribution in [0.4, 0.5) is 0 Å². The molecule has 0 unspecified atom stereocenters. The van der Waals surface area contributed by atoms with Crippen LogP contribution in [0, 0.1) is 13.5 Å². The second-order valence-corrected chi connectivity index (χ2v) is 6.03. The number of rotatable bonds is 13. The topological polar surface area (TPSA) is 0 Å². The van der Waals surface area contributed by atoms with Gasteiger partial charge in [0.05, 0.1) is 0 Å². The Morgan fingerprint density at radius 3 is 1.68 bits per heavy atom. The molecule has 1 heteroatoms.